The zero-order chi connectivity index (χ0) is 11.6. The molecule has 4 heteroatoms. The number of alkyl halides is 1. The lowest BCUT2D eigenvalue weighted by Gasteiger charge is -2.33. The number of nitrogens with zero attached hydrogens (tertiary/aromatic N) is 2. The monoisotopic (exact) mass is 246 g/mol. The Morgan fingerprint density at radius 3 is 2.40 bits per heavy atom. The fourth-order valence-electron chi connectivity index (χ4n) is 1.13. The second-order valence-corrected chi connectivity index (χ2v) is 6.11. The summed E-state index contributed by atoms with van der Waals surface area (Å²) in [5.74, 6) is 0.632. The maximum absolute atomic E-state index is 5.93. The van der Waals surface area contributed by atoms with Crippen LogP contribution in [0.1, 0.15) is 29.4 Å². The number of hydrogen-bond donors (Lipinski definition) is 0. The molecule has 0 unspecified atom stereocenters. The average Bonchev–Trinajstić information content (AvgIpc) is 2.46. The summed E-state index contributed by atoms with van der Waals surface area (Å²) < 4.78 is 0. The van der Waals surface area contributed by atoms with Crippen LogP contribution in [0, 0.1) is 13.8 Å². The Hall–Kier alpha value is -0.120. The average molecular weight is 247 g/mol. The van der Waals surface area contributed by atoms with Crippen LogP contribution in [0.3, 0.4) is 0 Å². The first-order valence-electron chi connectivity index (χ1n) is 5.07. The van der Waals surface area contributed by atoms with Crippen molar-refractivity contribution in [3.63, 3.8) is 0 Å². The lowest BCUT2D eigenvalue weighted by molar-refractivity contribution is 0.170. The summed E-state index contributed by atoms with van der Waals surface area (Å²) in [4.78, 5) is 8.09. The first-order chi connectivity index (χ1) is 6.86. The van der Waals surface area contributed by atoms with Crippen LogP contribution in [0.5, 0.6) is 0 Å². The Morgan fingerprint density at radius 2 is 2.00 bits per heavy atom. The third-order valence-electron chi connectivity index (χ3n) is 2.81. The Labute approximate surface area is 101 Å². The summed E-state index contributed by atoms with van der Waals surface area (Å²) in [6.07, 6.45) is 0. The van der Waals surface area contributed by atoms with E-state index in [0.717, 1.165) is 12.2 Å². The number of aromatic nitrogens is 1. The zero-order valence-electron chi connectivity index (χ0n) is 10.1. The smallest absolute Gasteiger partial charge is 0.107 e. The SMILES string of the molecule is Cc1nc(CN(C)C(C)(C)CCl)sc1C. The second kappa shape index (κ2) is 4.81. The molecule has 15 heavy (non-hydrogen) atoms. The Balaban J connectivity index is 2.70. The minimum atomic E-state index is 0.0229. The first-order valence-corrected chi connectivity index (χ1v) is 6.42. The predicted octanol–water partition coefficient (Wildman–Crippen LogP) is 3.21. The van der Waals surface area contributed by atoms with Crippen molar-refractivity contribution < 1.29 is 0 Å². The molecule has 0 amide bonds. The van der Waals surface area contributed by atoms with E-state index < -0.39 is 0 Å². The molecule has 1 heterocycles. The van der Waals surface area contributed by atoms with E-state index >= 15 is 0 Å². The number of hydrogen-bond acceptors (Lipinski definition) is 3. The number of halogens is 1. The molecule has 0 saturated heterocycles. The van der Waals surface area contributed by atoms with E-state index in [1.807, 2.05) is 0 Å². The first kappa shape index (κ1) is 12.9. The molecule has 86 valence electrons. The second-order valence-electron chi connectivity index (χ2n) is 4.55. The fourth-order valence-corrected chi connectivity index (χ4v) is 2.32. The van der Waals surface area contributed by atoms with Crippen molar-refractivity contribution in [3.05, 3.63) is 15.6 Å². The van der Waals surface area contributed by atoms with Gasteiger partial charge in [0.15, 0.2) is 0 Å². The number of thiazole rings is 1. The van der Waals surface area contributed by atoms with Gasteiger partial charge in [-0.3, -0.25) is 4.90 Å². The topological polar surface area (TPSA) is 16.1 Å². The molecular weight excluding hydrogens is 228 g/mol. The van der Waals surface area contributed by atoms with Crippen LogP contribution in [-0.2, 0) is 6.54 Å². The molecule has 0 fully saturated rings. The summed E-state index contributed by atoms with van der Waals surface area (Å²) in [5, 5.41) is 1.17. The minimum absolute atomic E-state index is 0.0229. The predicted molar refractivity (Wildman–Crippen MR) is 67.9 cm³/mol. The van der Waals surface area contributed by atoms with Gasteiger partial charge in [-0.2, -0.15) is 0 Å². The van der Waals surface area contributed by atoms with E-state index in [1.54, 1.807) is 11.3 Å². The van der Waals surface area contributed by atoms with Crippen molar-refractivity contribution in [2.24, 2.45) is 0 Å². The van der Waals surface area contributed by atoms with Gasteiger partial charge in [0.05, 0.1) is 12.2 Å². The van der Waals surface area contributed by atoms with Gasteiger partial charge in [0.25, 0.3) is 0 Å². The van der Waals surface area contributed by atoms with Crippen LogP contribution < -0.4 is 0 Å². The molecule has 0 aliphatic rings. The van der Waals surface area contributed by atoms with Crippen molar-refractivity contribution in [3.8, 4) is 0 Å². The standard InChI is InChI=1S/C11H19ClN2S/c1-8-9(2)15-10(13-8)6-14(5)11(3,4)7-12/h6-7H2,1-5H3. The quantitative estimate of drug-likeness (QED) is 0.759. The number of rotatable bonds is 4. The summed E-state index contributed by atoms with van der Waals surface area (Å²) in [5.41, 5.74) is 1.17. The van der Waals surface area contributed by atoms with E-state index in [9.17, 15) is 0 Å². The summed E-state index contributed by atoms with van der Waals surface area (Å²) in [6.45, 7) is 9.34. The van der Waals surface area contributed by atoms with E-state index in [2.05, 4.69) is 44.6 Å². The van der Waals surface area contributed by atoms with Crippen molar-refractivity contribution in [1.82, 2.24) is 9.88 Å². The van der Waals surface area contributed by atoms with E-state index in [1.165, 1.54) is 9.88 Å². The third kappa shape index (κ3) is 3.16. The normalized spacial score (nSPS) is 12.5. The lowest BCUT2D eigenvalue weighted by Crippen LogP contribution is -2.42. The van der Waals surface area contributed by atoms with Crippen LogP contribution in [0.4, 0.5) is 0 Å². The Morgan fingerprint density at radius 1 is 1.40 bits per heavy atom. The van der Waals surface area contributed by atoms with Crippen molar-refractivity contribution in [1.29, 1.82) is 0 Å². The van der Waals surface area contributed by atoms with Gasteiger partial charge in [-0.15, -0.1) is 22.9 Å². The molecule has 0 atom stereocenters. The highest BCUT2D eigenvalue weighted by molar-refractivity contribution is 7.11. The molecule has 0 spiro atoms. The van der Waals surface area contributed by atoms with Gasteiger partial charge in [-0.1, -0.05) is 0 Å². The van der Waals surface area contributed by atoms with Crippen LogP contribution >= 0.6 is 22.9 Å². The van der Waals surface area contributed by atoms with Gasteiger partial charge in [0.2, 0.25) is 0 Å². The highest BCUT2D eigenvalue weighted by Gasteiger charge is 2.23. The maximum Gasteiger partial charge on any atom is 0.107 e. The maximum atomic E-state index is 5.93. The van der Waals surface area contributed by atoms with Crippen molar-refractivity contribution in [2.75, 3.05) is 12.9 Å². The summed E-state index contributed by atoms with van der Waals surface area (Å²) in [6, 6.07) is 0. The lowest BCUT2D eigenvalue weighted by atomic mass is 10.1. The molecule has 0 radical (unpaired) electrons. The summed E-state index contributed by atoms with van der Waals surface area (Å²) in [7, 11) is 2.09. The van der Waals surface area contributed by atoms with E-state index in [0.29, 0.717) is 5.88 Å². The molecule has 0 aromatic carbocycles. The molecule has 0 N–H and O–H groups in total. The molecule has 0 aliphatic carbocycles. The fraction of sp³-hybridized carbons (Fsp3) is 0.727. The molecule has 1 aromatic heterocycles. The molecule has 0 saturated carbocycles. The zero-order valence-corrected chi connectivity index (χ0v) is 11.7. The van der Waals surface area contributed by atoms with Crippen molar-refractivity contribution in [2.45, 2.75) is 39.8 Å². The molecule has 1 rings (SSSR count). The van der Waals surface area contributed by atoms with Gasteiger partial charge in [0, 0.05) is 16.3 Å². The Kier molecular flexibility index (Phi) is 4.15. The van der Waals surface area contributed by atoms with Gasteiger partial charge in [0.1, 0.15) is 5.01 Å². The largest absolute Gasteiger partial charge is 0.293 e. The minimum Gasteiger partial charge on any atom is -0.293 e. The van der Waals surface area contributed by atoms with E-state index in [-0.39, 0.29) is 5.54 Å². The van der Waals surface area contributed by atoms with Gasteiger partial charge >= 0.3 is 0 Å². The summed E-state index contributed by atoms with van der Waals surface area (Å²) >= 11 is 7.71. The Bertz CT molecular complexity index is 314. The highest BCUT2D eigenvalue weighted by atomic mass is 35.5. The third-order valence-corrected chi connectivity index (χ3v) is 4.52. The van der Waals surface area contributed by atoms with Gasteiger partial charge < -0.3 is 0 Å². The molecule has 1 aromatic rings. The molecule has 0 bridgehead atoms. The molecule has 0 aliphatic heterocycles. The number of aryl methyl sites for hydroxylation is 2. The van der Waals surface area contributed by atoms with Crippen LogP contribution in [-0.4, -0.2) is 28.4 Å². The molecule has 2 nitrogen and oxygen atoms in total. The van der Waals surface area contributed by atoms with Crippen LogP contribution in [0.15, 0.2) is 0 Å². The van der Waals surface area contributed by atoms with Crippen LogP contribution in [0.25, 0.3) is 0 Å². The van der Waals surface area contributed by atoms with Crippen LogP contribution in [0.2, 0.25) is 0 Å². The van der Waals surface area contributed by atoms with Gasteiger partial charge in [-0.05, 0) is 34.7 Å². The van der Waals surface area contributed by atoms with Gasteiger partial charge in [-0.25, -0.2) is 4.98 Å². The highest BCUT2D eigenvalue weighted by Crippen LogP contribution is 2.21. The molecular formula is C11H19ClN2S. The van der Waals surface area contributed by atoms with Crippen molar-refractivity contribution >= 4 is 22.9 Å². The van der Waals surface area contributed by atoms with E-state index in [4.69, 9.17) is 11.6 Å².